The van der Waals surface area contributed by atoms with Crippen LogP contribution in [0.25, 0.3) is 0 Å². The van der Waals surface area contributed by atoms with Gasteiger partial charge in [-0.15, -0.1) is 0 Å². The molecule has 1 heterocycles. The largest absolute Gasteiger partial charge is 0.493 e. The molecule has 2 aliphatic rings. The van der Waals surface area contributed by atoms with Gasteiger partial charge in [0.25, 0.3) is 0 Å². The average molecular weight is 519 g/mol. The Morgan fingerprint density at radius 3 is 2.68 bits per heavy atom. The van der Waals surface area contributed by atoms with E-state index in [4.69, 9.17) is 14.2 Å². The minimum absolute atomic E-state index is 0.0382. The first-order valence-corrected chi connectivity index (χ1v) is 12.8. The molecule has 0 saturated heterocycles. The lowest BCUT2D eigenvalue weighted by Crippen LogP contribution is -2.56. The van der Waals surface area contributed by atoms with Crippen LogP contribution in [0.4, 0.5) is 0 Å². The normalized spacial score (nSPS) is 22.0. The summed E-state index contributed by atoms with van der Waals surface area (Å²) in [5.41, 5.74) is 1.19. The quantitative estimate of drug-likeness (QED) is 0.264. The molecule has 0 aromatic heterocycles. The summed E-state index contributed by atoms with van der Waals surface area (Å²) in [6.07, 6.45) is 1.10. The topological polar surface area (TPSA) is 135 Å². The molecule has 10 nitrogen and oxygen atoms in total. The molecule has 37 heavy (non-hydrogen) atoms. The lowest BCUT2D eigenvalue weighted by molar-refractivity contribution is -0.138. The van der Waals surface area contributed by atoms with Gasteiger partial charge in [0.2, 0.25) is 11.8 Å². The van der Waals surface area contributed by atoms with Gasteiger partial charge in [0, 0.05) is 49.4 Å². The van der Waals surface area contributed by atoms with Gasteiger partial charge < -0.3 is 34.6 Å². The lowest BCUT2D eigenvalue weighted by Gasteiger charge is -2.41. The van der Waals surface area contributed by atoms with Crippen molar-refractivity contribution in [2.24, 2.45) is 5.92 Å². The number of benzene rings is 1. The van der Waals surface area contributed by atoms with Crippen LogP contribution in [0.3, 0.4) is 0 Å². The highest BCUT2D eigenvalue weighted by atomic mass is 16.5. The van der Waals surface area contributed by atoms with Crippen molar-refractivity contribution in [1.82, 2.24) is 10.2 Å². The number of carbonyl (C=O) groups excluding carboxylic acids is 3. The summed E-state index contributed by atoms with van der Waals surface area (Å²) < 4.78 is 17.1. The van der Waals surface area contributed by atoms with Crippen LogP contribution in [0.2, 0.25) is 0 Å². The summed E-state index contributed by atoms with van der Waals surface area (Å²) in [5, 5.41) is 23.5. The second-order valence-electron chi connectivity index (χ2n) is 9.64. The van der Waals surface area contributed by atoms with E-state index >= 15 is 0 Å². The molecule has 0 radical (unpaired) electrons. The monoisotopic (exact) mass is 518 g/mol. The van der Waals surface area contributed by atoms with Crippen molar-refractivity contribution in [2.45, 2.75) is 57.8 Å². The molecule has 2 amide bonds. The lowest BCUT2D eigenvalue weighted by atomic mass is 9.77. The van der Waals surface area contributed by atoms with Crippen LogP contribution in [-0.2, 0) is 14.3 Å². The minimum atomic E-state index is -1.15. The van der Waals surface area contributed by atoms with E-state index in [1.54, 1.807) is 17.0 Å². The highest BCUT2D eigenvalue weighted by Crippen LogP contribution is 2.51. The maximum atomic E-state index is 13.3. The summed E-state index contributed by atoms with van der Waals surface area (Å²) in [6.45, 7) is 6.92. The first-order chi connectivity index (χ1) is 17.8. The minimum Gasteiger partial charge on any atom is -0.493 e. The van der Waals surface area contributed by atoms with Crippen molar-refractivity contribution >= 4 is 18.1 Å². The van der Waals surface area contributed by atoms with Gasteiger partial charge in [-0.25, -0.2) is 0 Å². The number of aldehydes is 1. The van der Waals surface area contributed by atoms with E-state index in [9.17, 15) is 24.6 Å². The smallest absolute Gasteiger partial charge is 0.247 e. The van der Waals surface area contributed by atoms with Crippen LogP contribution in [-0.4, -0.2) is 91.5 Å². The van der Waals surface area contributed by atoms with E-state index in [0.29, 0.717) is 60.7 Å². The van der Waals surface area contributed by atoms with Gasteiger partial charge >= 0.3 is 0 Å². The Bertz CT molecular complexity index is 1010. The highest BCUT2D eigenvalue weighted by molar-refractivity contribution is 5.96. The van der Waals surface area contributed by atoms with Crippen LogP contribution < -0.4 is 14.8 Å². The molecular formula is C27H38N2O8. The average Bonchev–Trinajstić information content (AvgIpc) is 3.27. The number of carbonyl (C=O) groups is 3. The molecule has 10 heteroatoms. The standard InChI is InChI=1S/C27H38N2O8/c1-5-36-10-6-8-29(22(32)11-16(2)3)20-14-19(27(34)28-7-9-30)23-18-12-17(15-31)13-21(35-4)25(18)37-26(23)24(20)33/h12-16,20,23-24,26,30,33H,5-11H2,1-4H3,(H,28,34). The third-order valence-electron chi connectivity index (χ3n) is 6.57. The molecule has 204 valence electrons. The molecule has 1 aliphatic carbocycles. The number of methoxy groups -OCH3 is 1. The zero-order chi connectivity index (χ0) is 27.1. The van der Waals surface area contributed by atoms with E-state index in [1.807, 2.05) is 20.8 Å². The number of hydrogen-bond acceptors (Lipinski definition) is 8. The summed E-state index contributed by atoms with van der Waals surface area (Å²) in [6, 6.07) is 2.34. The van der Waals surface area contributed by atoms with Gasteiger partial charge in [-0.05, 0) is 37.5 Å². The third kappa shape index (κ3) is 6.31. The van der Waals surface area contributed by atoms with Crippen molar-refractivity contribution in [1.29, 1.82) is 0 Å². The number of ether oxygens (including phenoxy) is 3. The predicted molar refractivity (Wildman–Crippen MR) is 136 cm³/mol. The number of aliphatic hydroxyl groups excluding tert-OH is 2. The summed E-state index contributed by atoms with van der Waals surface area (Å²) >= 11 is 0. The Morgan fingerprint density at radius 2 is 2.05 bits per heavy atom. The maximum Gasteiger partial charge on any atom is 0.247 e. The van der Waals surface area contributed by atoms with Gasteiger partial charge in [-0.1, -0.05) is 13.8 Å². The Balaban J connectivity index is 2.07. The Kier molecular flexibility index (Phi) is 10.1. The molecule has 1 aliphatic heterocycles. The van der Waals surface area contributed by atoms with Crippen LogP contribution in [0.15, 0.2) is 23.8 Å². The summed E-state index contributed by atoms with van der Waals surface area (Å²) in [4.78, 5) is 39.8. The van der Waals surface area contributed by atoms with Gasteiger partial charge in [-0.2, -0.15) is 0 Å². The number of rotatable bonds is 13. The molecule has 0 saturated carbocycles. The fourth-order valence-corrected chi connectivity index (χ4v) is 4.95. The van der Waals surface area contributed by atoms with E-state index in [0.717, 1.165) is 0 Å². The Morgan fingerprint density at radius 1 is 1.30 bits per heavy atom. The van der Waals surface area contributed by atoms with Crippen LogP contribution in [0, 0.1) is 5.92 Å². The summed E-state index contributed by atoms with van der Waals surface area (Å²) in [5.74, 6) is -0.517. The molecule has 1 aromatic rings. The molecular weight excluding hydrogens is 480 g/mol. The Labute approximate surface area is 217 Å². The van der Waals surface area contributed by atoms with E-state index in [2.05, 4.69) is 5.32 Å². The number of amides is 2. The Hall–Kier alpha value is -2.95. The first kappa shape index (κ1) is 28.6. The fraction of sp³-hybridized carbons (Fsp3) is 0.593. The van der Waals surface area contributed by atoms with Crippen LogP contribution >= 0.6 is 0 Å². The van der Waals surface area contributed by atoms with Crippen molar-refractivity contribution < 1.29 is 38.8 Å². The van der Waals surface area contributed by atoms with Crippen LogP contribution in [0.5, 0.6) is 11.5 Å². The summed E-state index contributed by atoms with van der Waals surface area (Å²) in [7, 11) is 1.45. The van der Waals surface area contributed by atoms with Crippen LogP contribution in [0.1, 0.15) is 55.5 Å². The van der Waals surface area contributed by atoms with Gasteiger partial charge in [-0.3, -0.25) is 14.4 Å². The molecule has 0 spiro atoms. The second-order valence-corrected chi connectivity index (χ2v) is 9.64. The van der Waals surface area contributed by atoms with Crippen molar-refractivity contribution in [3.63, 3.8) is 0 Å². The number of fused-ring (bicyclic) bond motifs is 3. The van der Waals surface area contributed by atoms with Crippen molar-refractivity contribution in [3.05, 3.63) is 34.9 Å². The fourth-order valence-electron chi connectivity index (χ4n) is 4.95. The SMILES string of the molecule is CCOCCCN(C(=O)CC(C)C)C1C=C(C(=O)NCCO)C2c3cc(C=O)cc(OC)c3OC2C1O. The zero-order valence-electron chi connectivity index (χ0n) is 21.9. The number of aliphatic hydroxyl groups is 2. The maximum absolute atomic E-state index is 13.3. The van der Waals surface area contributed by atoms with Crippen molar-refractivity contribution in [3.8, 4) is 11.5 Å². The number of nitrogens with one attached hydrogen (secondary N) is 1. The molecule has 4 unspecified atom stereocenters. The first-order valence-electron chi connectivity index (χ1n) is 12.8. The van der Waals surface area contributed by atoms with E-state index < -0.39 is 30.1 Å². The van der Waals surface area contributed by atoms with E-state index in [-0.39, 0.29) is 31.4 Å². The van der Waals surface area contributed by atoms with Gasteiger partial charge in [0.05, 0.1) is 25.7 Å². The van der Waals surface area contributed by atoms with Gasteiger partial charge in [0.1, 0.15) is 18.5 Å². The predicted octanol–water partition coefficient (Wildman–Crippen LogP) is 1.43. The van der Waals surface area contributed by atoms with Gasteiger partial charge in [0.15, 0.2) is 11.5 Å². The molecule has 0 bridgehead atoms. The van der Waals surface area contributed by atoms with Crippen molar-refractivity contribution in [2.75, 3.05) is 40.0 Å². The molecule has 0 fully saturated rings. The second kappa shape index (κ2) is 13.0. The number of hydrogen-bond donors (Lipinski definition) is 3. The third-order valence-corrected chi connectivity index (χ3v) is 6.57. The molecule has 3 rings (SSSR count). The highest BCUT2D eigenvalue weighted by Gasteiger charge is 2.51. The van der Waals surface area contributed by atoms with E-state index in [1.165, 1.54) is 13.2 Å². The molecule has 4 atom stereocenters. The number of nitrogens with zero attached hydrogens (tertiary/aromatic N) is 1. The molecule has 3 N–H and O–H groups in total. The molecule has 1 aromatic carbocycles. The zero-order valence-corrected chi connectivity index (χ0v) is 21.9.